The molecule has 0 bridgehead atoms. The van der Waals surface area contributed by atoms with Crippen LogP contribution in [0.1, 0.15) is 13.8 Å². The van der Waals surface area contributed by atoms with Crippen LogP contribution >= 0.6 is 11.8 Å². The maximum Gasteiger partial charge on any atom is 0.298 e. The van der Waals surface area contributed by atoms with Gasteiger partial charge in [-0.1, -0.05) is 12.8 Å². The Morgan fingerprint density at radius 2 is 2.42 bits per heavy atom. The summed E-state index contributed by atoms with van der Waals surface area (Å²) >= 11 is 1.92. The molecule has 1 unspecified atom stereocenters. The fraction of sp³-hybridized carbons (Fsp3) is 0.667. The highest BCUT2D eigenvalue weighted by atomic mass is 32.2. The van der Waals surface area contributed by atoms with Gasteiger partial charge in [-0.25, -0.2) is 0 Å². The van der Waals surface area contributed by atoms with Crippen molar-refractivity contribution in [3.8, 4) is 11.8 Å². The number of hydrogen-bond donors (Lipinski definition) is 0. The van der Waals surface area contributed by atoms with E-state index in [0.29, 0.717) is 5.25 Å². The Morgan fingerprint density at radius 1 is 1.67 bits per heavy atom. The predicted molar refractivity (Wildman–Crippen MR) is 52.0 cm³/mol. The van der Waals surface area contributed by atoms with Gasteiger partial charge < -0.3 is 4.90 Å². The van der Waals surface area contributed by atoms with Crippen molar-refractivity contribution in [1.82, 2.24) is 4.90 Å². The van der Waals surface area contributed by atoms with Gasteiger partial charge in [0.25, 0.3) is 5.91 Å². The Morgan fingerprint density at radius 3 is 3.00 bits per heavy atom. The van der Waals surface area contributed by atoms with E-state index in [4.69, 9.17) is 0 Å². The fourth-order valence-electron chi connectivity index (χ4n) is 1.19. The van der Waals surface area contributed by atoms with Gasteiger partial charge in [0.2, 0.25) is 0 Å². The lowest BCUT2D eigenvalue weighted by atomic mass is 10.3. The Balaban J connectivity index is 2.49. The molecule has 2 nitrogen and oxygen atoms in total. The van der Waals surface area contributed by atoms with Crippen molar-refractivity contribution in [3.63, 3.8) is 0 Å². The standard InChI is InChI=1S/C9H13NOS/c1-3-4-9(11)10-5-6-12-8(2)7-10/h8H,5-7H2,1-2H3. The van der Waals surface area contributed by atoms with Gasteiger partial charge in [0, 0.05) is 24.1 Å². The minimum atomic E-state index is -0.0235. The number of thioether (sulfide) groups is 1. The van der Waals surface area contributed by atoms with Crippen molar-refractivity contribution in [2.45, 2.75) is 19.1 Å². The molecule has 12 heavy (non-hydrogen) atoms. The monoisotopic (exact) mass is 183 g/mol. The predicted octanol–water partition coefficient (Wildman–Crippen LogP) is 0.974. The fourth-order valence-corrected chi connectivity index (χ4v) is 2.20. The van der Waals surface area contributed by atoms with E-state index >= 15 is 0 Å². The van der Waals surface area contributed by atoms with Gasteiger partial charge in [-0.05, 0) is 12.8 Å². The second kappa shape index (κ2) is 4.42. The van der Waals surface area contributed by atoms with Crippen molar-refractivity contribution >= 4 is 17.7 Å². The number of rotatable bonds is 0. The molecule has 1 fully saturated rings. The lowest BCUT2D eigenvalue weighted by Gasteiger charge is -2.28. The molecular weight excluding hydrogens is 170 g/mol. The lowest BCUT2D eigenvalue weighted by molar-refractivity contribution is -0.125. The second-order valence-electron chi connectivity index (χ2n) is 2.81. The van der Waals surface area contributed by atoms with Crippen LogP contribution in [0, 0.1) is 11.8 Å². The number of nitrogens with zero attached hydrogens (tertiary/aromatic N) is 1. The highest BCUT2D eigenvalue weighted by Crippen LogP contribution is 2.17. The first kappa shape index (κ1) is 9.47. The minimum Gasteiger partial charge on any atom is -0.330 e. The Hall–Kier alpha value is -0.620. The van der Waals surface area contributed by atoms with Crippen LogP contribution in [-0.2, 0) is 4.79 Å². The van der Waals surface area contributed by atoms with Gasteiger partial charge in [0.05, 0.1) is 0 Å². The summed E-state index contributed by atoms with van der Waals surface area (Å²) in [5.74, 6) is 6.21. The zero-order valence-corrected chi connectivity index (χ0v) is 8.28. The van der Waals surface area contributed by atoms with Crippen LogP contribution in [0.2, 0.25) is 0 Å². The molecule has 1 amide bonds. The van der Waals surface area contributed by atoms with Gasteiger partial charge in [-0.15, -0.1) is 0 Å². The first-order chi connectivity index (χ1) is 5.74. The molecule has 1 heterocycles. The Kier molecular flexibility index (Phi) is 3.48. The molecule has 0 saturated carbocycles. The summed E-state index contributed by atoms with van der Waals surface area (Å²) in [6.45, 7) is 5.53. The molecule has 0 aliphatic carbocycles. The third-order valence-electron chi connectivity index (χ3n) is 1.76. The summed E-state index contributed by atoms with van der Waals surface area (Å²) in [7, 11) is 0. The molecule has 0 aromatic heterocycles. The molecule has 1 rings (SSSR count). The van der Waals surface area contributed by atoms with Crippen LogP contribution in [0.5, 0.6) is 0 Å². The molecule has 0 N–H and O–H groups in total. The molecule has 0 spiro atoms. The summed E-state index contributed by atoms with van der Waals surface area (Å²) in [6, 6.07) is 0. The average Bonchev–Trinajstić information content (AvgIpc) is 2.05. The summed E-state index contributed by atoms with van der Waals surface area (Å²) < 4.78 is 0. The summed E-state index contributed by atoms with van der Waals surface area (Å²) in [4.78, 5) is 13.1. The number of carbonyl (C=O) groups excluding carboxylic acids is 1. The molecule has 0 aromatic carbocycles. The smallest absolute Gasteiger partial charge is 0.298 e. The first-order valence-corrected chi connectivity index (χ1v) is 5.12. The van der Waals surface area contributed by atoms with Crippen LogP contribution in [0.3, 0.4) is 0 Å². The first-order valence-electron chi connectivity index (χ1n) is 4.07. The van der Waals surface area contributed by atoms with E-state index in [0.717, 1.165) is 18.8 Å². The second-order valence-corrected chi connectivity index (χ2v) is 4.35. The van der Waals surface area contributed by atoms with Crippen LogP contribution < -0.4 is 0 Å². The lowest BCUT2D eigenvalue weighted by Crippen LogP contribution is -2.40. The van der Waals surface area contributed by atoms with Gasteiger partial charge in [0.15, 0.2) is 0 Å². The maximum atomic E-state index is 11.3. The van der Waals surface area contributed by atoms with Gasteiger partial charge in [-0.3, -0.25) is 4.79 Å². The highest BCUT2D eigenvalue weighted by Gasteiger charge is 2.19. The molecule has 3 heteroatoms. The molecule has 66 valence electrons. The molecule has 1 atom stereocenters. The quantitative estimate of drug-likeness (QED) is 0.522. The van der Waals surface area contributed by atoms with Crippen molar-refractivity contribution in [3.05, 3.63) is 0 Å². The molecule has 0 aromatic rings. The topological polar surface area (TPSA) is 20.3 Å². The zero-order chi connectivity index (χ0) is 8.97. The van der Waals surface area contributed by atoms with Crippen molar-refractivity contribution < 1.29 is 4.79 Å². The van der Waals surface area contributed by atoms with E-state index in [1.54, 1.807) is 6.92 Å². The van der Waals surface area contributed by atoms with Crippen LogP contribution in [-0.4, -0.2) is 34.9 Å². The largest absolute Gasteiger partial charge is 0.330 e. The SMILES string of the molecule is CC#CC(=O)N1CCSC(C)C1. The molecular formula is C9H13NOS. The van der Waals surface area contributed by atoms with Crippen molar-refractivity contribution in [2.24, 2.45) is 0 Å². The van der Waals surface area contributed by atoms with E-state index in [2.05, 4.69) is 18.8 Å². The number of amides is 1. The normalized spacial score (nSPS) is 22.8. The van der Waals surface area contributed by atoms with Crippen molar-refractivity contribution in [2.75, 3.05) is 18.8 Å². The molecule has 1 saturated heterocycles. The van der Waals surface area contributed by atoms with Crippen LogP contribution in [0.25, 0.3) is 0 Å². The van der Waals surface area contributed by atoms with Crippen LogP contribution in [0.4, 0.5) is 0 Å². The van der Waals surface area contributed by atoms with Crippen molar-refractivity contribution in [1.29, 1.82) is 0 Å². The maximum absolute atomic E-state index is 11.3. The van der Waals surface area contributed by atoms with E-state index in [9.17, 15) is 4.79 Å². The van der Waals surface area contributed by atoms with Crippen LogP contribution in [0.15, 0.2) is 0 Å². The average molecular weight is 183 g/mol. The minimum absolute atomic E-state index is 0.0235. The zero-order valence-electron chi connectivity index (χ0n) is 7.46. The summed E-state index contributed by atoms with van der Waals surface area (Å²) in [5.41, 5.74) is 0. The molecule has 1 aliphatic heterocycles. The van der Waals surface area contributed by atoms with E-state index < -0.39 is 0 Å². The van der Waals surface area contributed by atoms with Gasteiger partial charge in [0.1, 0.15) is 0 Å². The molecule has 0 radical (unpaired) electrons. The van der Waals surface area contributed by atoms with E-state index in [1.165, 1.54) is 0 Å². The number of hydrogen-bond acceptors (Lipinski definition) is 2. The number of carbonyl (C=O) groups is 1. The van der Waals surface area contributed by atoms with Gasteiger partial charge in [-0.2, -0.15) is 11.8 Å². The highest BCUT2D eigenvalue weighted by molar-refractivity contribution is 7.99. The van der Waals surface area contributed by atoms with E-state index in [1.807, 2.05) is 16.7 Å². The third-order valence-corrected chi connectivity index (χ3v) is 2.90. The summed E-state index contributed by atoms with van der Waals surface area (Å²) in [5, 5.41) is 0.557. The third kappa shape index (κ3) is 2.46. The Bertz CT molecular complexity index is 228. The Labute approximate surface area is 77.7 Å². The summed E-state index contributed by atoms with van der Waals surface area (Å²) in [6.07, 6.45) is 0. The molecule has 1 aliphatic rings. The van der Waals surface area contributed by atoms with Gasteiger partial charge >= 0.3 is 0 Å². The van der Waals surface area contributed by atoms with E-state index in [-0.39, 0.29) is 5.91 Å².